The third-order valence-electron chi connectivity index (χ3n) is 3.81. The van der Waals surface area contributed by atoms with E-state index in [4.69, 9.17) is 11.5 Å². The molecule has 0 aliphatic carbocycles. The zero-order valence-electron chi connectivity index (χ0n) is 14.4. The molecule has 2 aromatic carbocycles. The molecule has 4 N–H and O–H groups in total. The summed E-state index contributed by atoms with van der Waals surface area (Å²) in [7, 11) is -3.71. The maximum Gasteiger partial charge on any atom is 0.264 e. The smallest absolute Gasteiger partial charge is 0.264 e. The number of hydrogen-bond donors (Lipinski definition) is 2. The van der Waals surface area contributed by atoms with Crippen molar-refractivity contribution in [2.45, 2.75) is 32.1 Å². The SMILES string of the molecule is CCc1ccc(N(CC(C)C)S(=O)(=O)c2ccc(N)c(N)c2)cc1. The topological polar surface area (TPSA) is 89.4 Å². The Balaban J connectivity index is 2.50. The molecule has 0 saturated carbocycles. The zero-order chi connectivity index (χ0) is 17.9. The van der Waals surface area contributed by atoms with Gasteiger partial charge in [0.25, 0.3) is 10.0 Å². The lowest BCUT2D eigenvalue weighted by Gasteiger charge is -2.26. The van der Waals surface area contributed by atoms with Gasteiger partial charge < -0.3 is 11.5 Å². The summed E-state index contributed by atoms with van der Waals surface area (Å²) >= 11 is 0. The van der Waals surface area contributed by atoms with Crippen molar-refractivity contribution in [3.8, 4) is 0 Å². The molecular formula is C18H25N3O2S. The normalized spacial score (nSPS) is 11.7. The Morgan fingerprint density at radius 2 is 1.62 bits per heavy atom. The fourth-order valence-corrected chi connectivity index (χ4v) is 4.08. The lowest BCUT2D eigenvalue weighted by molar-refractivity contribution is 0.578. The van der Waals surface area contributed by atoms with Crippen molar-refractivity contribution in [1.29, 1.82) is 0 Å². The predicted molar refractivity (Wildman–Crippen MR) is 100 cm³/mol. The number of hydrogen-bond acceptors (Lipinski definition) is 4. The van der Waals surface area contributed by atoms with E-state index in [0.717, 1.165) is 12.0 Å². The first-order valence-corrected chi connectivity index (χ1v) is 9.46. The van der Waals surface area contributed by atoms with E-state index < -0.39 is 10.0 Å². The summed E-state index contributed by atoms with van der Waals surface area (Å²) in [5.41, 5.74) is 13.9. The van der Waals surface area contributed by atoms with Gasteiger partial charge in [-0.3, -0.25) is 4.31 Å². The molecule has 2 rings (SSSR count). The molecular weight excluding hydrogens is 322 g/mol. The molecule has 0 saturated heterocycles. The zero-order valence-corrected chi connectivity index (χ0v) is 15.2. The van der Waals surface area contributed by atoms with Gasteiger partial charge in [-0.15, -0.1) is 0 Å². The van der Waals surface area contributed by atoms with Crippen LogP contribution >= 0.6 is 0 Å². The number of anilines is 3. The molecule has 0 atom stereocenters. The highest BCUT2D eigenvalue weighted by Gasteiger charge is 2.26. The second kappa shape index (κ2) is 7.13. The predicted octanol–water partition coefficient (Wildman–Crippen LogP) is 3.26. The van der Waals surface area contributed by atoms with E-state index in [0.29, 0.717) is 17.9 Å². The van der Waals surface area contributed by atoms with Crippen LogP contribution in [-0.4, -0.2) is 15.0 Å². The number of nitrogen functional groups attached to an aromatic ring is 2. The second-order valence-electron chi connectivity index (χ2n) is 6.24. The number of benzene rings is 2. The van der Waals surface area contributed by atoms with Gasteiger partial charge in [-0.05, 0) is 48.2 Å². The molecule has 130 valence electrons. The molecule has 2 aromatic rings. The van der Waals surface area contributed by atoms with Crippen LogP contribution in [0.4, 0.5) is 17.1 Å². The quantitative estimate of drug-likeness (QED) is 0.785. The average molecular weight is 347 g/mol. The van der Waals surface area contributed by atoms with Crippen LogP contribution in [0.3, 0.4) is 0 Å². The van der Waals surface area contributed by atoms with Gasteiger partial charge in [-0.25, -0.2) is 8.42 Å². The number of nitrogens with zero attached hydrogens (tertiary/aromatic N) is 1. The fraction of sp³-hybridized carbons (Fsp3) is 0.333. The van der Waals surface area contributed by atoms with Crippen molar-refractivity contribution in [3.63, 3.8) is 0 Å². The van der Waals surface area contributed by atoms with Gasteiger partial charge >= 0.3 is 0 Å². The lowest BCUT2D eigenvalue weighted by atomic mass is 10.1. The molecule has 0 amide bonds. The van der Waals surface area contributed by atoms with E-state index in [1.54, 1.807) is 0 Å². The number of sulfonamides is 1. The minimum atomic E-state index is -3.71. The minimum absolute atomic E-state index is 0.148. The molecule has 0 fully saturated rings. The highest BCUT2D eigenvalue weighted by molar-refractivity contribution is 7.92. The van der Waals surface area contributed by atoms with Crippen molar-refractivity contribution in [3.05, 3.63) is 48.0 Å². The van der Waals surface area contributed by atoms with E-state index in [1.807, 2.05) is 38.1 Å². The first kappa shape index (κ1) is 18.1. The molecule has 0 unspecified atom stereocenters. The molecule has 0 bridgehead atoms. The van der Waals surface area contributed by atoms with E-state index in [1.165, 1.54) is 22.5 Å². The summed E-state index contributed by atoms with van der Waals surface area (Å²) in [6, 6.07) is 12.0. The van der Waals surface area contributed by atoms with E-state index in [9.17, 15) is 8.42 Å². The Hall–Kier alpha value is -2.21. The van der Waals surface area contributed by atoms with Gasteiger partial charge in [-0.1, -0.05) is 32.9 Å². The van der Waals surface area contributed by atoms with Crippen LogP contribution in [0.25, 0.3) is 0 Å². The van der Waals surface area contributed by atoms with Crippen molar-refractivity contribution < 1.29 is 8.42 Å². The first-order valence-electron chi connectivity index (χ1n) is 8.02. The Kier molecular flexibility index (Phi) is 5.39. The summed E-state index contributed by atoms with van der Waals surface area (Å²) in [4.78, 5) is 0.148. The first-order chi connectivity index (χ1) is 11.3. The van der Waals surface area contributed by atoms with Crippen LogP contribution in [0.5, 0.6) is 0 Å². The molecule has 0 spiro atoms. The standard InChI is InChI=1S/C18H25N3O2S/c1-4-14-5-7-15(8-6-14)21(12-13(2)3)24(22,23)16-9-10-17(19)18(20)11-16/h5-11,13H,4,12,19-20H2,1-3H3. The fourth-order valence-electron chi connectivity index (χ4n) is 2.41. The molecule has 0 aliphatic heterocycles. The van der Waals surface area contributed by atoms with Gasteiger partial charge in [0, 0.05) is 6.54 Å². The molecule has 24 heavy (non-hydrogen) atoms. The monoisotopic (exact) mass is 347 g/mol. The van der Waals surface area contributed by atoms with Crippen LogP contribution < -0.4 is 15.8 Å². The van der Waals surface area contributed by atoms with Crippen LogP contribution in [0.15, 0.2) is 47.4 Å². The second-order valence-corrected chi connectivity index (χ2v) is 8.10. The summed E-state index contributed by atoms with van der Waals surface area (Å²) in [6.45, 7) is 6.42. The third kappa shape index (κ3) is 3.82. The van der Waals surface area contributed by atoms with Gasteiger partial charge in [0.15, 0.2) is 0 Å². The molecule has 0 aliphatic rings. The lowest BCUT2D eigenvalue weighted by Crippen LogP contribution is -2.34. The largest absolute Gasteiger partial charge is 0.397 e. The molecule has 0 aromatic heterocycles. The number of nitrogens with two attached hydrogens (primary N) is 2. The maximum atomic E-state index is 13.1. The van der Waals surface area contributed by atoms with Gasteiger partial charge in [-0.2, -0.15) is 0 Å². The van der Waals surface area contributed by atoms with Crippen LogP contribution in [0.2, 0.25) is 0 Å². The van der Waals surface area contributed by atoms with E-state index in [-0.39, 0.29) is 16.5 Å². The number of rotatable bonds is 6. The highest BCUT2D eigenvalue weighted by Crippen LogP contribution is 2.28. The Labute approximate surface area is 144 Å². The Bertz CT molecular complexity index is 800. The van der Waals surface area contributed by atoms with Crippen LogP contribution in [0, 0.1) is 5.92 Å². The van der Waals surface area contributed by atoms with Crippen molar-refractivity contribution in [2.24, 2.45) is 5.92 Å². The molecule has 0 heterocycles. The molecule has 0 radical (unpaired) electrons. The third-order valence-corrected chi connectivity index (χ3v) is 5.60. The summed E-state index contributed by atoms with van der Waals surface area (Å²) in [6.07, 6.45) is 0.908. The minimum Gasteiger partial charge on any atom is -0.397 e. The maximum absolute atomic E-state index is 13.1. The van der Waals surface area contributed by atoms with Crippen molar-refractivity contribution >= 4 is 27.1 Å². The summed E-state index contributed by atoms with van der Waals surface area (Å²) < 4.78 is 27.7. The van der Waals surface area contributed by atoms with E-state index >= 15 is 0 Å². The molecule has 5 nitrogen and oxygen atoms in total. The van der Waals surface area contributed by atoms with Gasteiger partial charge in [0.2, 0.25) is 0 Å². The summed E-state index contributed by atoms with van der Waals surface area (Å²) in [5, 5.41) is 0. The van der Waals surface area contributed by atoms with Crippen molar-refractivity contribution in [2.75, 3.05) is 22.3 Å². The van der Waals surface area contributed by atoms with Crippen LogP contribution in [0.1, 0.15) is 26.3 Å². The van der Waals surface area contributed by atoms with Gasteiger partial charge in [0.05, 0.1) is 22.0 Å². The number of aryl methyl sites for hydroxylation is 1. The Morgan fingerprint density at radius 1 is 1.00 bits per heavy atom. The van der Waals surface area contributed by atoms with Gasteiger partial charge in [0.1, 0.15) is 0 Å². The van der Waals surface area contributed by atoms with E-state index in [2.05, 4.69) is 6.92 Å². The highest BCUT2D eigenvalue weighted by atomic mass is 32.2. The van der Waals surface area contributed by atoms with Crippen molar-refractivity contribution in [1.82, 2.24) is 0 Å². The summed E-state index contributed by atoms with van der Waals surface area (Å²) in [5.74, 6) is 0.178. The Morgan fingerprint density at radius 3 is 2.12 bits per heavy atom. The van der Waals surface area contributed by atoms with Crippen LogP contribution in [-0.2, 0) is 16.4 Å². The average Bonchev–Trinajstić information content (AvgIpc) is 2.55. The molecule has 6 heteroatoms.